The summed E-state index contributed by atoms with van der Waals surface area (Å²) in [6.07, 6.45) is 3.00. The van der Waals surface area contributed by atoms with Gasteiger partial charge in [0.25, 0.3) is 5.91 Å². The highest BCUT2D eigenvalue weighted by Gasteiger charge is 2.51. The third-order valence-electron chi connectivity index (χ3n) is 7.95. The minimum absolute atomic E-state index is 0.0596. The molecule has 0 unspecified atom stereocenters. The van der Waals surface area contributed by atoms with Gasteiger partial charge >= 0.3 is 0 Å². The number of amides is 1. The Balaban J connectivity index is 1.75. The van der Waals surface area contributed by atoms with Gasteiger partial charge in [-0.15, -0.1) is 0 Å². The summed E-state index contributed by atoms with van der Waals surface area (Å²) in [4.78, 5) is 27.4. The molecular weight excluding hydrogens is 436 g/mol. The first kappa shape index (κ1) is 22.5. The summed E-state index contributed by atoms with van der Waals surface area (Å²) in [7, 11) is 0. The lowest BCUT2D eigenvalue weighted by molar-refractivity contribution is -0.126. The second kappa shape index (κ2) is 7.91. The van der Waals surface area contributed by atoms with Gasteiger partial charge < -0.3 is 26.2 Å². The van der Waals surface area contributed by atoms with E-state index in [1.165, 1.54) is 0 Å². The molecule has 0 aromatic heterocycles. The zero-order valence-corrected chi connectivity index (χ0v) is 19.3. The Morgan fingerprint density at radius 2 is 1.68 bits per heavy atom. The lowest BCUT2D eigenvalue weighted by Crippen LogP contribution is -2.53. The van der Waals surface area contributed by atoms with Crippen molar-refractivity contribution in [3.05, 3.63) is 57.1 Å². The zero-order chi connectivity index (χ0) is 24.5. The number of aliphatic hydroxyl groups is 3. The maximum atomic E-state index is 13.4. The van der Waals surface area contributed by atoms with Crippen molar-refractivity contribution in [2.24, 2.45) is 17.6 Å². The summed E-state index contributed by atoms with van der Waals surface area (Å²) >= 11 is 0. The highest BCUT2D eigenvalue weighted by atomic mass is 16.3. The number of ketones is 1. The lowest BCUT2D eigenvalue weighted by Gasteiger charge is -2.44. The lowest BCUT2D eigenvalue weighted by atomic mass is 9.64. The number of hydrogen-bond donors (Lipinski definition) is 5. The Labute approximate surface area is 197 Å². The third-order valence-corrected chi connectivity index (χ3v) is 7.95. The van der Waals surface area contributed by atoms with Gasteiger partial charge in [-0.3, -0.25) is 14.5 Å². The van der Waals surface area contributed by atoms with Gasteiger partial charge in [0.2, 0.25) is 0 Å². The van der Waals surface area contributed by atoms with Crippen molar-refractivity contribution in [2.75, 3.05) is 13.1 Å². The topological polar surface area (TPSA) is 144 Å². The van der Waals surface area contributed by atoms with Gasteiger partial charge in [-0.05, 0) is 67.8 Å². The fourth-order valence-electron chi connectivity index (χ4n) is 6.27. The maximum absolute atomic E-state index is 13.4. The number of aliphatic hydroxyl groups excluding tert-OH is 3. The number of phenolic OH excluding ortho intramolecular Hbond substituents is 1. The van der Waals surface area contributed by atoms with Crippen molar-refractivity contribution < 1.29 is 30.0 Å². The molecule has 1 saturated carbocycles. The Morgan fingerprint density at radius 1 is 1.00 bits per heavy atom. The molecule has 0 radical (unpaired) electrons. The quantitative estimate of drug-likeness (QED) is 0.419. The van der Waals surface area contributed by atoms with Crippen molar-refractivity contribution >= 4 is 17.4 Å². The number of hydrogen-bond acceptors (Lipinski definition) is 7. The molecule has 0 aliphatic heterocycles. The van der Waals surface area contributed by atoms with E-state index in [0.29, 0.717) is 37.4 Å². The van der Waals surface area contributed by atoms with Crippen LogP contribution in [0.25, 0.3) is 5.76 Å². The summed E-state index contributed by atoms with van der Waals surface area (Å²) < 4.78 is 0. The highest BCUT2D eigenvalue weighted by Crippen LogP contribution is 2.54. The molecule has 5 rings (SSSR count). The van der Waals surface area contributed by atoms with Crippen LogP contribution in [0.2, 0.25) is 0 Å². The van der Waals surface area contributed by atoms with E-state index in [2.05, 4.69) is 0 Å². The van der Waals surface area contributed by atoms with Crippen LogP contribution < -0.4 is 5.73 Å². The summed E-state index contributed by atoms with van der Waals surface area (Å²) in [5.41, 5.74) is 7.51. The van der Waals surface area contributed by atoms with Gasteiger partial charge in [0, 0.05) is 17.1 Å². The van der Waals surface area contributed by atoms with Gasteiger partial charge in [-0.2, -0.15) is 0 Å². The van der Waals surface area contributed by atoms with Crippen molar-refractivity contribution in [1.82, 2.24) is 4.90 Å². The predicted octanol–water partition coefficient (Wildman–Crippen LogP) is 3.13. The zero-order valence-electron chi connectivity index (χ0n) is 19.3. The molecule has 1 amide bonds. The number of rotatable bonds is 5. The molecule has 0 heterocycles. The van der Waals surface area contributed by atoms with Gasteiger partial charge in [0.15, 0.2) is 5.78 Å². The summed E-state index contributed by atoms with van der Waals surface area (Å²) in [6.45, 7) is 4.88. The average molecular weight is 467 g/mol. The molecule has 8 nitrogen and oxygen atoms in total. The molecule has 3 atom stereocenters. The monoisotopic (exact) mass is 466 g/mol. The first-order valence-corrected chi connectivity index (χ1v) is 11.9. The molecule has 0 spiro atoms. The summed E-state index contributed by atoms with van der Waals surface area (Å²) in [5.74, 6) is -3.34. The fraction of sp³-hybridized carbons (Fsp3) is 0.462. The highest BCUT2D eigenvalue weighted by molar-refractivity contribution is 6.22. The molecule has 34 heavy (non-hydrogen) atoms. The van der Waals surface area contributed by atoms with Crippen molar-refractivity contribution in [3.8, 4) is 5.75 Å². The molecule has 180 valence electrons. The molecule has 0 saturated heterocycles. The maximum Gasteiger partial charge on any atom is 0.256 e. The first-order chi connectivity index (χ1) is 16.2. The van der Waals surface area contributed by atoms with Gasteiger partial charge in [-0.1, -0.05) is 19.9 Å². The van der Waals surface area contributed by atoms with E-state index in [1.807, 2.05) is 24.8 Å². The number of nitrogens with two attached hydrogens (primary N) is 1. The smallest absolute Gasteiger partial charge is 0.256 e. The van der Waals surface area contributed by atoms with Crippen LogP contribution in [0.4, 0.5) is 0 Å². The van der Waals surface area contributed by atoms with E-state index in [9.17, 15) is 30.0 Å². The molecule has 1 aromatic carbocycles. The number of carbonyl (C=O) groups excluding carboxylic acids is 2. The minimum atomic E-state index is -1.06. The number of nitrogens with zero attached hydrogens (tertiary/aromatic N) is 1. The largest absolute Gasteiger partial charge is 0.507 e. The van der Waals surface area contributed by atoms with Crippen LogP contribution in [-0.2, 0) is 16.0 Å². The Morgan fingerprint density at radius 3 is 2.26 bits per heavy atom. The number of primary amides is 1. The van der Waals surface area contributed by atoms with Crippen LogP contribution >= 0.6 is 0 Å². The summed E-state index contributed by atoms with van der Waals surface area (Å²) in [6, 6.07) is 2.71. The molecule has 8 heteroatoms. The van der Waals surface area contributed by atoms with Crippen molar-refractivity contribution in [2.45, 2.75) is 51.5 Å². The SMILES string of the molecule is CCN(CC)[C@H]1C(=O)C(C(N)=O)=C(O)C2=C(O)C3=C(O)c4c(O)ccc(C5CC5)c4C[C@H]3C[C@H]21. The van der Waals surface area contributed by atoms with Crippen LogP contribution in [0.3, 0.4) is 0 Å². The second-order valence-electron chi connectivity index (χ2n) is 9.69. The fourth-order valence-corrected chi connectivity index (χ4v) is 6.27. The number of fused-ring (bicyclic) bond motifs is 3. The van der Waals surface area contributed by atoms with Gasteiger partial charge in [0.1, 0.15) is 28.6 Å². The van der Waals surface area contributed by atoms with E-state index >= 15 is 0 Å². The van der Waals surface area contributed by atoms with Crippen LogP contribution in [0.5, 0.6) is 5.75 Å². The van der Waals surface area contributed by atoms with E-state index in [4.69, 9.17) is 5.73 Å². The Bertz CT molecular complexity index is 1200. The second-order valence-corrected chi connectivity index (χ2v) is 9.69. The number of carbonyl (C=O) groups is 2. The van der Waals surface area contributed by atoms with Crippen LogP contribution in [0.15, 0.2) is 40.4 Å². The molecular formula is C26H30N2O6. The van der Waals surface area contributed by atoms with E-state index < -0.39 is 35.0 Å². The van der Waals surface area contributed by atoms with Crippen molar-refractivity contribution in [1.29, 1.82) is 0 Å². The number of benzene rings is 1. The number of likely N-dealkylation sites (N-methyl/N-ethyl adjacent to an activating group) is 1. The average Bonchev–Trinajstić information content (AvgIpc) is 3.61. The Hall–Kier alpha value is -3.26. The van der Waals surface area contributed by atoms with Crippen LogP contribution in [-0.4, -0.2) is 56.1 Å². The molecule has 4 aliphatic rings. The van der Waals surface area contributed by atoms with E-state index in [0.717, 1.165) is 24.0 Å². The molecule has 1 aromatic rings. The first-order valence-electron chi connectivity index (χ1n) is 11.9. The van der Waals surface area contributed by atoms with Gasteiger partial charge in [-0.25, -0.2) is 0 Å². The molecule has 0 bridgehead atoms. The standard InChI is InChI=1S/C26H30N2O6/c1-3-28(4-2)21-15-10-12-9-14-13(11-5-6-11)7-8-16(29)18(14)22(30)17(12)23(31)19(15)24(32)20(25(21)33)26(27)34/h7-8,11-12,15,21,29-32H,3-6,9-10H2,1-2H3,(H2,27,34)/t12-,15+,21+/m0/s1. The minimum Gasteiger partial charge on any atom is -0.507 e. The van der Waals surface area contributed by atoms with Crippen LogP contribution in [0, 0.1) is 11.8 Å². The molecule has 1 fully saturated rings. The number of Topliss-reactive ketones (excluding diaryl/α,β-unsaturated/α-hetero) is 1. The van der Waals surface area contributed by atoms with Crippen LogP contribution in [0.1, 0.15) is 55.7 Å². The van der Waals surface area contributed by atoms with Crippen molar-refractivity contribution in [3.63, 3.8) is 0 Å². The number of aromatic hydroxyl groups is 1. The number of phenols is 1. The molecule has 6 N–H and O–H groups in total. The normalized spacial score (nSPS) is 26.6. The number of allylic oxidation sites excluding steroid dienone is 2. The summed E-state index contributed by atoms with van der Waals surface area (Å²) in [5, 5.41) is 44.2. The predicted molar refractivity (Wildman–Crippen MR) is 125 cm³/mol. The molecule has 4 aliphatic carbocycles. The Kier molecular flexibility index (Phi) is 5.24. The van der Waals surface area contributed by atoms with E-state index in [-0.39, 0.29) is 34.3 Å². The third kappa shape index (κ3) is 3.08. The van der Waals surface area contributed by atoms with E-state index in [1.54, 1.807) is 6.07 Å². The van der Waals surface area contributed by atoms with Gasteiger partial charge in [0.05, 0.1) is 11.6 Å².